The molecule has 2 aliphatic rings. The Kier molecular flexibility index (Phi) is 4.55. The van der Waals surface area contributed by atoms with Crippen molar-refractivity contribution in [2.45, 2.75) is 44.4 Å². The van der Waals surface area contributed by atoms with Crippen LogP contribution in [0.3, 0.4) is 0 Å². The molecule has 0 saturated carbocycles. The van der Waals surface area contributed by atoms with Gasteiger partial charge in [0.2, 0.25) is 0 Å². The number of piperidine rings is 1. The van der Waals surface area contributed by atoms with Gasteiger partial charge in [-0.25, -0.2) is 9.97 Å². The number of anilines is 2. The first-order valence-corrected chi connectivity index (χ1v) is 7.83. The van der Waals surface area contributed by atoms with Crippen molar-refractivity contribution in [2.75, 3.05) is 37.9 Å². The number of nitrogens with zero attached hydrogens (tertiary/aromatic N) is 3. The Hall–Kier alpha value is -1.40. The van der Waals surface area contributed by atoms with Crippen LogP contribution in [-0.2, 0) is 11.3 Å². The highest BCUT2D eigenvalue weighted by Crippen LogP contribution is 2.28. The van der Waals surface area contributed by atoms with Gasteiger partial charge < -0.3 is 20.3 Å². The molecule has 0 amide bonds. The van der Waals surface area contributed by atoms with Crippen molar-refractivity contribution >= 4 is 11.6 Å². The number of nitrogens with one attached hydrogen (secondary N) is 2. The quantitative estimate of drug-likeness (QED) is 0.861. The SMILES string of the molecule is CNc1cc(NC2CCN3CCCC3C2)nc(COC)n1. The molecule has 0 bridgehead atoms. The molecule has 0 aliphatic carbocycles. The summed E-state index contributed by atoms with van der Waals surface area (Å²) in [7, 11) is 3.54. The number of fused-ring (bicyclic) bond motifs is 1. The summed E-state index contributed by atoms with van der Waals surface area (Å²) in [5.41, 5.74) is 0. The van der Waals surface area contributed by atoms with E-state index in [1.165, 1.54) is 38.8 Å². The first-order chi connectivity index (χ1) is 10.3. The molecule has 21 heavy (non-hydrogen) atoms. The second kappa shape index (κ2) is 6.58. The first kappa shape index (κ1) is 14.5. The zero-order chi connectivity index (χ0) is 14.7. The van der Waals surface area contributed by atoms with Crippen LogP contribution >= 0.6 is 0 Å². The lowest BCUT2D eigenvalue weighted by Gasteiger charge is -2.35. The van der Waals surface area contributed by atoms with Crippen LogP contribution in [0.4, 0.5) is 11.6 Å². The number of aromatic nitrogens is 2. The van der Waals surface area contributed by atoms with Gasteiger partial charge in [-0.2, -0.15) is 0 Å². The third-order valence-electron chi connectivity index (χ3n) is 4.47. The number of hydrogen-bond acceptors (Lipinski definition) is 6. The third kappa shape index (κ3) is 3.44. The molecule has 6 heteroatoms. The van der Waals surface area contributed by atoms with Crippen molar-refractivity contribution in [1.82, 2.24) is 14.9 Å². The highest BCUT2D eigenvalue weighted by Gasteiger charge is 2.31. The van der Waals surface area contributed by atoms with Crippen LogP contribution in [0.2, 0.25) is 0 Å². The third-order valence-corrected chi connectivity index (χ3v) is 4.47. The zero-order valence-electron chi connectivity index (χ0n) is 12.9. The molecule has 2 unspecified atom stereocenters. The Morgan fingerprint density at radius 1 is 1.29 bits per heavy atom. The van der Waals surface area contributed by atoms with Gasteiger partial charge >= 0.3 is 0 Å². The minimum Gasteiger partial charge on any atom is -0.377 e. The Balaban J connectivity index is 1.67. The van der Waals surface area contributed by atoms with Crippen molar-refractivity contribution in [1.29, 1.82) is 0 Å². The normalized spacial score (nSPS) is 25.6. The fraction of sp³-hybridized carbons (Fsp3) is 0.733. The van der Waals surface area contributed by atoms with Gasteiger partial charge in [0, 0.05) is 38.9 Å². The van der Waals surface area contributed by atoms with Crippen molar-refractivity contribution in [3.8, 4) is 0 Å². The standard InChI is InChI=1S/C15H25N5O/c1-16-13-9-14(19-15(18-13)10-21-2)17-11-5-7-20-6-3-4-12(20)8-11/h9,11-12H,3-8,10H2,1-2H3,(H2,16,17,18,19). The maximum absolute atomic E-state index is 5.14. The molecule has 2 aliphatic heterocycles. The molecule has 1 aromatic heterocycles. The lowest BCUT2D eigenvalue weighted by Crippen LogP contribution is -2.42. The average molecular weight is 291 g/mol. The van der Waals surface area contributed by atoms with E-state index >= 15 is 0 Å². The van der Waals surface area contributed by atoms with Crippen LogP contribution in [0, 0.1) is 0 Å². The molecule has 2 saturated heterocycles. The summed E-state index contributed by atoms with van der Waals surface area (Å²) in [4.78, 5) is 11.6. The molecule has 0 aromatic carbocycles. The molecule has 2 atom stereocenters. The molecule has 1 aromatic rings. The van der Waals surface area contributed by atoms with Gasteiger partial charge in [0.25, 0.3) is 0 Å². The van der Waals surface area contributed by atoms with Gasteiger partial charge in [0.1, 0.15) is 18.2 Å². The molecule has 0 radical (unpaired) electrons. The molecule has 3 rings (SSSR count). The van der Waals surface area contributed by atoms with E-state index in [2.05, 4.69) is 25.5 Å². The Morgan fingerprint density at radius 3 is 2.95 bits per heavy atom. The second-order valence-corrected chi connectivity index (χ2v) is 5.94. The monoisotopic (exact) mass is 291 g/mol. The van der Waals surface area contributed by atoms with E-state index in [0.29, 0.717) is 18.5 Å². The Morgan fingerprint density at radius 2 is 2.14 bits per heavy atom. The van der Waals surface area contributed by atoms with Crippen LogP contribution in [0.1, 0.15) is 31.5 Å². The maximum Gasteiger partial charge on any atom is 0.158 e. The summed E-state index contributed by atoms with van der Waals surface area (Å²) in [5.74, 6) is 2.45. The van der Waals surface area contributed by atoms with E-state index in [1.54, 1.807) is 7.11 Å². The molecule has 2 N–H and O–H groups in total. The second-order valence-electron chi connectivity index (χ2n) is 5.94. The van der Waals surface area contributed by atoms with Gasteiger partial charge in [-0.05, 0) is 32.2 Å². The Bertz CT molecular complexity index is 481. The molecule has 0 spiro atoms. The molecule has 116 valence electrons. The molecular formula is C15H25N5O. The predicted molar refractivity (Wildman–Crippen MR) is 83.5 cm³/mol. The van der Waals surface area contributed by atoms with Crippen molar-refractivity contribution in [2.24, 2.45) is 0 Å². The highest BCUT2D eigenvalue weighted by atomic mass is 16.5. The highest BCUT2D eigenvalue weighted by molar-refractivity contribution is 5.47. The van der Waals surface area contributed by atoms with Gasteiger partial charge in [0.15, 0.2) is 5.82 Å². The van der Waals surface area contributed by atoms with Gasteiger partial charge in [-0.3, -0.25) is 0 Å². The van der Waals surface area contributed by atoms with Gasteiger partial charge in [0.05, 0.1) is 0 Å². The Labute approximate surface area is 126 Å². The summed E-state index contributed by atoms with van der Waals surface area (Å²) in [6.45, 7) is 2.93. The summed E-state index contributed by atoms with van der Waals surface area (Å²) >= 11 is 0. The van der Waals surface area contributed by atoms with E-state index in [9.17, 15) is 0 Å². The van der Waals surface area contributed by atoms with E-state index in [1.807, 2.05) is 13.1 Å². The summed E-state index contributed by atoms with van der Waals surface area (Å²) in [6, 6.07) is 3.25. The van der Waals surface area contributed by atoms with Crippen LogP contribution in [0.15, 0.2) is 6.07 Å². The van der Waals surface area contributed by atoms with Gasteiger partial charge in [-0.1, -0.05) is 0 Å². The van der Waals surface area contributed by atoms with E-state index in [-0.39, 0.29) is 0 Å². The summed E-state index contributed by atoms with van der Waals surface area (Å²) in [5, 5.41) is 6.68. The molecular weight excluding hydrogens is 266 g/mol. The fourth-order valence-electron chi connectivity index (χ4n) is 3.46. The smallest absolute Gasteiger partial charge is 0.158 e. The van der Waals surface area contributed by atoms with Crippen molar-refractivity contribution in [3.63, 3.8) is 0 Å². The fourth-order valence-corrected chi connectivity index (χ4v) is 3.46. The van der Waals surface area contributed by atoms with E-state index in [4.69, 9.17) is 4.74 Å². The molecule has 3 heterocycles. The first-order valence-electron chi connectivity index (χ1n) is 7.83. The minimum atomic E-state index is 0.436. The topological polar surface area (TPSA) is 62.3 Å². The molecule has 6 nitrogen and oxygen atoms in total. The van der Waals surface area contributed by atoms with E-state index in [0.717, 1.165) is 17.7 Å². The van der Waals surface area contributed by atoms with Crippen LogP contribution < -0.4 is 10.6 Å². The minimum absolute atomic E-state index is 0.436. The number of methoxy groups -OCH3 is 1. The van der Waals surface area contributed by atoms with Crippen molar-refractivity contribution < 1.29 is 4.74 Å². The van der Waals surface area contributed by atoms with Crippen LogP contribution in [-0.4, -0.2) is 54.2 Å². The predicted octanol–water partition coefficient (Wildman–Crippen LogP) is 1.70. The van der Waals surface area contributed by atoms with E-state index < -0.39 is 0 Å². The summed E-state index contributed by atoms with van der Waals surface area (Å²) in [6.07, 6.45) is 5.11. The summed E-state index contributed by atoms with van der Waals surface area (Å²) < 4.78 is 5.14. The largest absolute Gasteiger partial charge is 0.377 e. The number of rotatable bonds is 5. The lowest BCUT2D eigenvalue weighted by atomic mass is 9.97. The maximum atomic E-state index is 5.14. The van der Waals surface area contributed by atoms with Crippen LogP contribution in [0.25, 0.3) is 0 Å². The number of hydrogen-bond donors (Lipinski definition) is 2. The van der Waals surface area contributed by atoms with Gasteiger partial charge in [-0.15, -0.1) is 0 Å². The molecule has 2 fully saturated rings. The average Bonchev–Trinajstić information content (AvgIpc) is 2.95. The number of ether oxygens (including phenoxy) is 1. The van der Waals surface area contributed by atoms with Crippen molar-refractivity contribution in [3.05, 3.63) is 11.9 Å². The lowest BCUT2D eigenvalue weighted by molar-refractivity contribution is 0.177. The van der Waals surface area contributed by atoms with Crippen LogP contribution in [0.5, 0.6) is 0 Å². The zero-order valence-corrected chi connectivity index (χ0v) is 12.9.